The molecule has 0 saturated heterocycles. The van der Waals surface area contributed by atoms with Gasteiger partial charge < -0.3 is 31.4 Å². The van der Waals surface area contributed by atoms with Crippen LogP contribution in [0.3, 0.4) is 0 Å². The molecular formula is C47H57N7O11P2S2. The molecule has 2 unspecified atom stereocenters. The van der Waals surface area contributed by atoms with E-state index in [1.54, 1.807) is 39.8 Å². The van der Waals surface area contributed by atoms with Gasteiger partial charge in [0.05, 0.1) is 46.8 Å². The topological polar surface area (TPSA) is 305 Å². The summed E-state index contributed by atoms with van der Waals surface area (Å²) in [6.07, 6.45) is 3.30. The van der Waals surface area contributed by atoms with Crippen molar-refractivity contribution in [2.75, 3.05) is 53.7 Å². The SMILES string of the molecule is CCOP(=O)(CC)CS(=O)(=O)c1ccc(CC(=O)c2nc(-c3ccc(C)cc3)cnc2N)cc1.CCOP(=O)(CC)CS(=O)(=O)c1ccc(N)cc1.Cc1ccc(-c2cnc(N)c(C(=O)O)n2)cc1. The molecule has 2 atom stereocenters. The van der Waals surface area contributed by atoms with Gasteiger partial charge in [-0.25, -0.2) is 41.6 Å². The molecule has 368 valence electrons. The Labute approximate surface area is 402 Å². The average molecular weight is 1020 g/mol. The van der Waals surface area contributed by atoms with Crippen molar-refractivity contribution in [1.29, 1.82) is 0 Å². The number of sulfone groups is 2. The number of carbonyl (C=O) groups excluding carboxylic acids is 1. The van der Waals surface area contributed by atoms with Crippen LogP contribution in [-0.2, 0) is 44.3 Å². The van der Waals surface area contributed by atoms with Crippen molar-refractivity contribution in [3.63, 3.8) is 0 Å². The van der Waals surface area contributed by atoms with Crippen LogP contribution in [0.4, 0.5) is 17.3 Å². The van der Waals surface area contributed by atoms with E-state index in [1.807, 2.05) is 62.4 Å². The van der Waals surface area contributed by atoms with Gasteiger partial charge in [0, 0.05) is 35.6 Å². The summed E-state index contributed by atoms with van der Waals surface area (Å²) in [5, 5.41) is 8.90. The molecule has 0 amide bonds. The first-order valence-electron chi connectivity index (χ1n) is 21.5. The molecule has 0 saturated carbocycles. The molecule has 0 fully saturated rings. The Hall–Kier alpha value is -6.14. The maximum atomic E-state index is 12.9. The Morgan fingerprint density at radius 2 is 0.957 bits per heavy atom. The molecule has 4 aromatic carbocycles. The van der Waals surface area contributed by atoms with Crippen LogP contribution in [0, 0.1) is 13.8 Å². The van der Waals surface area contributed by atoms with E-state index >= 15 is 0 Å². The molecule has 18 nitrogen and oxygen atoms in total. The van der Waals surface area contributed by atoms with Gasteiger partial charge in [0.2, 0.25) is 14.7 Å². The number of aromatic carboxylic acids is 1. The fourth-order valence-electron chi connectivity index (χ4n) is 6.22. The quantitative estimate of drug-likeness (QED) is 0.0356. The minimum Gasteiger partial charge on any atom is -0.476 e. The number of anilines is 3. The third-order valence-electron chi connectivity index (χ3n) is 10.1. The molecule has 0 radical (unpaired) electrons. The van der Waals surface area contributed by atoms with Crippen LogP contribution >= 0.6 is 14.7 Å². The number of carboxylic acids is 1. The van der Waals surface area contributed by atoms with Gasteiger partial charge in [0.25, 0.3) is 0 Å². The van der Waals surface area contributed by atoms with E-state index < -0.39 is 51.4 Å². The van der Waals surface area contributed by atoms with E-state index in [-0.39, 0.29) is 70.6 Å². The highest BCUT2D eigenvalue weighted by Crippen LogP contribution is 2.49. The van der Waals surface area contributed by atoms with Crippen molar-refractivity contribution in [3.8, 4) is 22.5 Å². The predicted molar refractivity (Wildman–Crippen MR) is 269 cm³/mol. The minimum atomic E-state index is -3.81. The summed E-state index contributed by atoms with van der Waals surface area (Å²) in [7, 11) is -13.8. The normalized spacial score (nSPS) is 13.1. The van der Waals surface area contributed by atoms with Crippen LogP contribution in [0.15, 0.2) is 119 Å². The van der Waals surface area contributed by atoms with Crippen LogP contribution < -0.4 is 17.2 Å². The van der Waals surface area contributed by atoms with Gasteiger partial charge in [-0.05, 0) is 69.7 Å². The number of ketones is 1. The van der Waals surface area contributed by atoms with Crippen molar-refractivity contribution in [3.05, 3.63) is 138 Å². The third kappa shape index (κ3) is 16.0. The predicted octanol–water partition coefficient (Wildman–Crippen LogP) is 8.59. The number of benzene rings is 4. The van der Waals surface area contributed by atoms with Gasteiger partial charge in [-0.2, -0.15) is 0 Å². The second-order valence-electron chi connectivity index (χ2n) is 15.4. The molecule has 0 aliphatic carbocycles. The van der Waals surface area contributed by atoms with Crippen LogP contribution in [-0.4, -0.2) is 90.2 Å². The number of rotatable bonds is 18. The van der Waals surface area contributed by atoms with E-state index in [1.165, 1.54) is 48.8 Å². The number of hydrogen-bond acceptors (Lipinski definition) is 17. The number of aryl methyl sites for hydroxylation is 2. The molecule has 0 spiro atoms. The van der Waals surface area contributed by atoms with E-state index in [2.05, 4.69) is 19.9 Å². The molecule has 6 aromatic rings. The van der Waals surface area contributed by atoms with Gasteiger partial charge >= 0.3 is 5.97 Å². The lowest BCUT2D eigenvalue weighted by Crippen LogP contribution is -2.12. The van der Waals surface area contributed by atoms with E-state index in [9.17, 15) is 35.6 Å². The molecule has 2 aromatic heterocycles. The van der Waals surface area contributed by atoms with Crippen LogP contribution in [0.25, 0.3) is 22.5 Å². The number of hydrogen-bond donors (Lipinski definition) is 4. The lowest BCUT2D eigenvalue weighted by Gasteiger charge is -2.16. The monoisotopic (exact) mass is 1020 g/mol. The number of aromatic nitrogens is 4. The Bertz CT molecular complexity index is 3050. The first kappa shape index (κ1) is 55.5. The van der Waals surface area contributed by atoms with E-state index in [0.717, 1.165) is 22.3 Å². The molecular weight excluding hydrogens is 965 g/mol. The Balaban J connectivity index is 0.000000249. The van der Waals surface area contributed by atoms with Crippen molar-refractivity contribution in [2.45, 2.75) is 57.8 Å². The average Bonchev–Trinajstić information content (AvgIpc) is 3.30. The number of Topliss-reactive ketones (excluding diaryl/α,β-unsaturated/α-hetero) is 1. The number of carboxylic acid groups (broad SMARTS) is 1. The van der Waals surface area contributed by atoms with Crippen LogP contribution in [0.2, 0.25) is 0 Å². The molecule has 0 aliphatic rings. The minimum absolute atomic E-state index is 0.0248. The summed E-state index contributed by atoms with van der Waals surface area (Å²) in [5.41, 5.74) is 21.6. The second kappa shape index (κ2) is 24.4. The summed E-state index contributed by atoms with van der Waals surface area (Å²) in [4.78, 5) is 40.3. The van der Waals surface area contributed by atoms with Gasteiger partial charge in [-0.1, -0.05) is 85.6 Å². The van der Waals surface area contributed by atoms with Crippen molar-refractivity contribution in [1.82, 2.24) is 19.9 Å². The summed E-state index contributed by atoms with van der Waals surface area (Å²) in [5.74, 6) is -1.55. The largest absolute Gasteiger partial charge is 0.476 e. The molecule has 22 heteroatoms. The smallest absolute Gasteiger partial charge is 0.358 e. The Morgan fingerprint density at radius 3 is 1.33 bits per heavy atom. The maximum Gasteiger partial charge on any atom is 0.358 e. The summed E-state index contributed by atoms with van der Waals surface area (Å²) in [6.45, 7) is 11.0. The van der Waals surface area contributed by atoms with Gasteiger partial charge in [0.1, 0.15) is 16.7 Å². The number of nitrogens with zero attached hydrogens (tertiary/aromatic N) is 4. The first-order chi connectivity index (χ1) is 32.5. The maximum absolute atomic E-state index is 12.9. The van der Waals surface area contributed by atoms with E-state index in [0.29, 0.717) is 22.6 Å². The molecule has 7 N–H and O–H groups in total. The van der Waals surface area contributed by atoms with Crippen LogP contribution in [0.5, 0.6) is 0 Å². The fraction of sp³-hybridized carbons (Fsp3) is 0.277. The first-order valence-corrected chi connectivity index (χ1v) is 28.8. The summed E-state index contributed by atoms with van der Waals surface area (Å²) >= 11 is 0. The Kier molecular flexibility index (Phi) is 19.6. The number of carbonyl (C=O) groups is 2. The highest BCUT2D eigenvalue weighted by atomic mass is 32.2. The fourth-order valence-corrected chi connectivity index (χ4v) is 16.0. The lowest BCUT2D eigenvalue weighted by atomic mass is 10.1. The van der Waals surface area contributed by atoms with Gasteiger partial charge in [-0.15, -0.1) is 0 Å². The summed E-state index contributed by atoms with van der Waals surface area (Å²) < 4.78 is 84.8. The zero-order valence-corrected chi connectivity index (χ0v) is 42.5. The zero-order valence-electron chi connectivity index (χ0n) is 39.1. The second-order valence-corrected chi connectivity index (χ2v) is 25.9. The van der Waals surface area contributed by atoms with Crippen LogP contribution in [0.1, 0.15) is 65.4 Å². The Morgan fingerprint density at radius 1 is 0.580 bits per heavy atom. The molecule has 2 heterocycles. The molecule has 6 rings (SSSR count). The standard InChI is InChI=1S/C24H28N3O5PS.C12H11N3O2.C11H18NO4PS/c1-4-32-33(29,5-2)16-34(30,31)20-12-8-18(9-13-20)14-22(28)23-24(25)26-15-21(27-23)19-10-6-17(3)7-11-19;1-7-2-4-8(5-3-7)9-6-14-11(13)10(15-9)12(16)17;1-3-16-17(13,4-2)9-18(14,15)11-7-5-10(12)6-8-11/h6-13,15H,4-5,14,16H2,1-3H3,(H2,25,26);2-6H,1H3,(H2,13,14)(H,16,17);5-8H,3-4,9,12H2,1-2H3. The molecule has 0 bridgehead atoms. The summed E-state index contributed by atoms with van der Waals surface area (Å²) in [6, 6.07) is 27.0. The zero-order chi connectivity index (χ0) is 51.2. The van der Waals surface area contributed by atoms with Crippen molar-refractivity contribution in [2.24, 2.45) is 0 Å². The number of nitrogens with two attached hydrogens (primary N) is 3. The number of nitrogen functional groups attached to an aromatic ring is 3. The van der Waals surface area contributed by atoms with E-state index in [4.69, 9.17) is 31.4 Å². The van der Waals surface area contributed by atoms with Gasteiger partial charge in [-0.3, -0.25) is 13.9 Å². The highest BCUT2D eigenvalue weighted by Gasteiger charge is 2.31. The van der Waals surface area contributed by atoms with Crippen molar-refractivity contribution < 1.29 is 49.7 Å². The lowest BCUT2D eigenvalue weighted by molar-refractivity contribution is 0.0691. The highest BCUT2D eigenvalue weighted by molar-refractivity contribution is 7.98. The van der Waals surface area contributed by atoms with Gasteiger partial charge in [0.15, 0.2) is 42.8 Å². The third-order valence-corrected chi connectivity index (χ3v) is 21.3. The molecule has 0 aliphatic heterocycles. The van der Waals surface area contributed by atoms with Crippen molar-refractivity contribution >= 4 is 63.5 Å². The molecule has 69 heavy (non-hydrogen) atoms.